The van der Waals surface area contributed by atoms with Gasteiger partial charge in [0.1, 0.15) is 6.04 Å². The highest BCUT2D eigenvalue weighted by Crippen LogP contribution is 2.68. The number of aliphatic hydroxyl groups excluding tert-OH is 1. The summed E-state index contributed by atoms with van der Waals surface area (Å²) in [5.74, 6) is 2.69. The molecule has 0 aliphatic heterocycles. The van der Waals surface area contributed by atoms with E-state index in [0.29, 0.717) is 53.4 Å². The van der Waals surface area contributed by atoms with Gasteiger partial charge < -0.3 is 36.8 Å². The number of carbonyl (C=O) groups excluding carboxylic acids is 2. The van der Waals surface area contributed by atoms with E-state index >= 15 is 0 Å². The quantitative estimate of drug-likeness (QED) is 0.104. The van der Waals surface area contributed by atoms with Gasteiger partial charge in [0.25, 0.3) is 0 Å². The van der Waals surface area contributed by atoms with Crippen LogP contribution in [0.5, 0.6) is 0 Å². The predicted octanol–water partition coefficient (Wildman–Crippen LogP) is 4.69. The molecule has 4 rings (SSSR count). The van der Waals surface area contributed by atoms with Crippen molar-refractivity contribution in [2.24, 2.45) is 63.7 Å². The number of hydrogen-bond acceptors (Lipinski definition) is 8. The first-order valence-electron chi connectivity index (χ1n) is 19.8. The zero-order valence-corrected chi connectivity index (χ0v) is 31.5. The minimum atomic E-state index is -0.598. The number of esters is 1. The van der Waals surface area contributed by atoms with Crippen LogP contribution in [-0.2, 0) is 14.3 Å². The van der Waals surface area contributed by atoms with Crippen LogP contribution in [0.1, 0.15) is 118 Å². The van der Waals surface area contributed by atoms with Crippen molar-refractivity contribution < 1.29 is 19.4 Å². The second-order valence-corrected chi connectivity index (χ2v) is 17.3. The van der Waals surface area contributed by atoms with Crippen LogP contribution in [0, 0.1) is 52.3 Å². The number of methoxy groups -OCH3 is 1. The number of aliphatic hydroxyl groups is 1. The molecule has 0 heterocycles. The maximum absolute atomic E-state index is 12.9. The molecule has 9 nitrogen and oxygen atoms in total. The first-order chi connectivity index (χ1) is 22.9. The molecule has 11 atom stereocenters. The largest absolute Gasteiger partial charge is 0.467 e. The van der Waals surface area contributed by atoms with E-state index in [0.717, 1.165) is 71.4 Å². The Morgan fingerprint density at radius 1 is 0.917 bits per heavy atom. The summed E-state index contributed by atoms with van der Waals surface area (Å²) in [7, 11) is 1.37. The molecule has 0 spiro atoms. The second-order valence-electron chi connectivity index (χ2n) is 17.3. The third kappa shape index (κ3) is 8.96. The Balaban J connectivity index is 1.29. The average molecular weight is 676 g/mol. The van der Waals surface area contributed by atoms with Crippen LogP contribution in [0.3, 0.4) is 0 Å². The number of hydrogen-bond donors (Lipinski definition) is 5. The number of nitrogens with two attached hydrogens (primary N) is 2. The smallest absolute Gasteiger partial charge is 0.328 e. The molecule has 0 aromatic heterocycles. The number of rotatable bonds is 18. The van der Waals surface area contributed by atoms with Crippen LogP contribution in [0.2, 0.25) is 0 Å². The Bertz CT molecular complexity index is 1020. The van der Waals surface area contributed by atoms with Gasteiger partial charge in [-0.25, -0.2) is 4.79 Å². The predicted molar refractivity (Wildman–Crippen MR) is 194 cm³/mol. The molecule has 48 heavy (non-hydrogen) atoms. The third-order valence-corrected chi connectivity index (χ3v) is 14.1. The molecule has 9 heteroatoms. The minimum Gasteiger partial charge on any atom is -0.467 e. The van der Waals surface area contributed by atoms with E-state index in [2.05, 4.69) is 36.3 Å². The molecule has 4 saturated carbocycles. The molecule has 0 unspecified atom stereocenters. The maximum atomic E-state index is 12.9. The summed E-state index contributed by atoms with van der Waals surface area (Å²) in [6.45, 7) is 17.1. The molecule has 0 bridgehead atoms. The van der Waals surface area contributed by atoms with Crippen LogP contribution < -0.4 is 22.1 Å². The van der Waals surface area contributed by atoms with E-state index in [1.807, 2.05) is 13.8 Å². The Morgan fingerprint density at radius 2 is 1.56 bits per heavy atom. The van der Waals surface area contributed by atoms with Gasteiger partial charge in [0.2, 0.25) is 5.91 Å². The minimum absolute atomic E-state index is 0.0157. The van der Waals surface area contributed by atoms with Crippen molar-refractivity contribution in [1.82, 2.24) is 15.5 Å². The van der Waals surface area contributed by atoms with Crippen molar-refractivity contribution in [3.63, 3.8) is 0 Å². The number of nitrogens with one attached hydrogen (secondary N) is 2. The lowest BCUT2D eigenvalue weighted by Gasteiger charge is -2.62. The lowest BCUT2D eigenvalue weighted by atomic mass is 9.43. The van der Waals surface area contributed by atoms with Crippen LogP contribution >= 0.6 is 0 Å². The molecule has 4 fully saturated rings. The van der Waals surface area contributed by atoms with Gasteiger partial charge in [-0.15, -0.1) is 0 Å². The van der Waals surface area contributed by atoms with E-state index in [4.69, 9.17) is 16.2 Å². The van der Waals surface area contributed by atoms with E-state index < -0.39 is 6.04 Å². The topological polar surface area (TPSA) is 143 Å². The van der Waals surface area contributed by atoms with Gasteiger partial charge in [0, 0.05) is 12.5 Å². The van der Waals surface area contributed by atoms with Crippen LogP contribution in [0.25, 0.3) is 0 Å². The number of ether oxygens (including phenoxy) is 1. The molecule has 278 valence electrons. The van der Waals surface area contributed by atoms with Crippen molar-refractivity contribution in [2.75, 3.05) is 46.4 Å². The van der Waals surface area contributed by atoms with Gasteiger partial charge in [-0.3, -0.25) is 4.79 Å². The van der Waals surface area contributed by atoms with E-state index in [9.17, 15) is 14.7 Å². The number of carbonyl (C=O) groups is 2. The summed E-state index contributed by atoms with van der Waals surface area (Å²) in [6, 6.07) is -0.0426. The fraction of sp³-hybridized carbons (Fsp3) is 0.949. The number of nitrogens with zero attached hydrogens (tertiary/aromatic N) is 1. The highest BCUT2D eigenvalue weighted by molar-refractivity contribution is 5.84. The molecule has 4 aliphatic carbocycles. The van der Waals surface area contributed by atoms with Gasteiger partial charge in [0.05, 0.1) is 13.2 Å². The van der Waals surface area contributed by atoms with Gasteiger partial charge in [-0.05, 0) is 169 Å². The zero-order chi connectivity index (χ0) is 35.1. The van der Waals surface area contributed by atoms with E-state index in [1.165, 1.54) is 52.1 Å². The van der Waals surface area contributed by atoms with Gasteiger partial charge in [-0.2, -0.15) is 0 Å². The molecule has 0 aromatic rings. The summed E-state index contributed by atoms with van der Waals surface area (Å²) < 4.78 is 4.91. The number of fused-ring (bicyclic) bond motifs is 5. The Labute approximate surface area is 292 Å². The van der Waals surface area contributed by atoms with Crippen molar-refractivity contribution in [3.05, 3.63) is 0 Å². The second kappa shape index (κ2) is 17.8. The third-order valence-electron chi connectivity index (χ3n) is 14.1. The molecular weight excluding hydrogens is 602 g/mol. The van der Waals surface area contributed by atoms with Gasteiger partial charge in [-0.1, -0.05) is 34.6 Å². The normalized spacial score (nSPS) is 35.9. The lowest BCUT2D eigenvalue weighted by Crippen LogP contribution is -2.59. The standard InChI is InChI=1S/C39H73N5O4/c1-26(2)36(37(47)48-6)43-34(46)13-10-27(3)30-11-12-31-35-32(15-17-39(30,31)5)38(4)16-14-29(24-28(38)25-33(35)45)42-20-9-23-44(21-7-18-40)22-8-19-41/h26-33,35-36,42,45H,7-25,40-41H2,1-6H3,(H,43,46)/t27-,28+,29+,30-,31+,32+,33-,35+,36+,38+,39-/m1/s1. The fourth-order valence-corrected chi connectivity index (χ4v) is 11.4. The van der Waals surface area contributed by atoms with Crippen LogP contribution in [0.15, 0.2) is 0 Å². The van der Waals surface area contributed by atoms with Crippen molar-refractivity contribution in [1.29, 1.82) is 0 Å². The average Bonchev–Trinajstić information content (AvgIpc) is 3.42. The van der Waals surface area contributed by atoms with Crippen LogP contribution in [-0.4, -0.2) is 86.4 Å². The highest BCUT2D eigenvalue weighted by Gasteiger charge is 2.62. The molecule has 0 saturated heterocycles. The lowest BCUT2D eigenvalue weighted by molar-refractivity contribution is -0.167. The van der Waals surface area contributed by atoms with Crippen molar-refractivity contribution in [3.8, 4) is 0 Å². The molecule has 4 aliphatic rings. The van der Waals surface area contributed by atoms with Crippen molar-refractivity contribution in [2.45, 2.75) is 136 Å². The molecule has 0 radical (unpaired) electrons. The maximum Gasteiger partial charge on any atom is 0.328 e. The summed E-state index contributed by atoms with van der Waals surface area (Å²) in [6.07, 6.45) is 13.8. The monoisotopic (exact) mass is 676 g/mol. The van der Waals surface area contributed by atoms with Gasteiger partial charge >= 0.3 is 5.97 Å². The zero-order valence-electron chi connectivity index (χ0n) is 31.5. The van der Waals surface area contributed by atoms with Gasteiger partial charge in [0.15, 0.2) is 0 Å². The van der Waals surface area contributed by atoms with E-state index in [1.54, 1.807) is 0 Å². The molecule has 0 aromatic carbocycles. The highest BCUT2D eigenvalue weighted by atomic mass is 16.5. The first kappa shape index (κ1) is 39.5. The summed E-state index contributed by atoms with van der Waals surface area (Å²) in [5, 5.41) is 18.7. The molecular formula is C39H73N5O4. The Kier molecular flexibility index (Phi) is 14.6. The van der Waals surface area contributed by atoms with Crippen molar-refractivity contribution >= 4 is 11.9 Å². The fourth-order valence-electron chi connectivity index (χ4n) is 11.4. The SMILES string of the molecule is COC(=O)[C@@H](NC(=O)CC[C@@H](C)[C@H]1CC[C@H]2[C@@H]3[C@H](O)C[C@@H]4C[C@@H](NCCCN(CCCN)CCCN)CC[C@]4(C)[C@H]3CC[C@]12C)C(C)C. The van der Waals surface area contributed by atoms with E-state index in [-0.39, 0.29) is 29.3 Å². The summed E-state index contributed by atoms with van der Waals surface area (Å²) >= 11 is 0. The van der Waals surface area contributed by atoms with Crippen LogP contribution in [0.4, 0.5) is 0 Å². The summed E-state index contributed by atoms with van der Waals surface area (Å²) in [4.78, 5) is 27.6. The first-order valence-corrected chi connectivity index (χ1v) is 19.8. The molecule has 7 N–H and O–H groups in total. The molecule has 1 amide bonds. The number of amides is 1. The summed E-state index contributed by atoms with van der Waals surface area (Å²) in [5.41, 5.74) is 12.1. The Morgan fingerprint density at radius 3 is 2.21 bits per heavy atom. The Hall–Kier alpha value is -1.26.